The number of aromatic nitrogens is 2. The summed E-state index contributed by atoms with van der Waals surface area (Å²) >= 11 is 0. The lowest BCUT2D eigenvalue weighted by molar-refractivity contribution is -0.384. The van der Waals surface area contributed by atoms with E-state index in [0.29, 0.717) is 30.0 Å². The summed E-state index contributed by atoms with van der Waals surface area (Å²) < 4.78 is 19.4. The molecule has 182 valence electrons. The zero-order chi connectivity index (χ0) is 25.1. The van der Waals surface area contributed by atoms with E-state index in [0.717, 1.165) is 24.8 Å². The number of hydrogen-bond acceptors (Lipinski definition) is 6. The number of nitro groups is 1. The molecule has 0 N–H and O–H groups in total. The van der Waals surface area contributed by atoms with Crippen LogP contribution in [-0.2, 0) is 6.42 Å². The largest absolute Gasteiger partial charge is 0.421 e. The molecule has 8 nitrogen and oxygen atoms in total. The molecule has 1 fully saturated rings. The van der Waals surface area contributed by atoms with Crippen molar-refractivity contribution >= 4 is 11.6 Å². The number of nitrogens with zero attached hydrogens (tertiary/aromatic N) is 4. The highest BCUT2D eigenvalue weighted by Crippen LogP contribution is 2.31. The number of benzene rings is 3. The summed E-state index contributed by atoms with van der Waals surface area (Å²) in [6.07, 6.45) is 2.83. The van der Waals surface area contributed by atoms with Gasteiger partial charge < -0.3 is 9.32 Å². The zero-order valence-corrected chi connectivity index (χ0v) is 19.3. The van der Waals surface area contributed by atoms with E-state index >= 15 is 0 Å². The summed E-state index contributed by atoms with van der Waals surface area (Å²) in [6.45, 7) is 0.519. The van der Waals surface area contributed by atoms with Gasteiger partial charge in [0.05, 0.1) is 10.5 Å². The molecule has 2 heterocycles. The van der Waals surface area contributed by atoms with Crippen molar-refractivity contribution in [2.45, 2.75) is 31.7 Å². The van der Waals surface area contributed by atoms with Crippen molar-refractivity contribution in [3.8, 4) is 22.6 Å². The Hall–Kier alpha value is -4.40. The van der Waals surface area contributed by atoms with Gasteiger partial charge in [0.1, 0.15) is 5.82 Å². The van der Waals surface area contributed by atoms with Crippen LogP contribution in [0.15, 0.2) is 77.2 Å². The van der Waals surface area contributed by atoms with Gasteiger partial charge >= 0.3 is 0 Å². The van der Waals surface area contributed by atoms with Crippen LogP contribution in [0.1, 0.15) is 35.5 Å². The van der Waals surface area contributed by atoms with Crippen LogP contribution in [0, 0.1) is 15.9 Å². The van der Waals surface area contributed by atoms with E-state index < -0.39 is 10.7 Å². The summed E-state index contributed by atoms with van der Waals surface area (Å²) in [4.78, 5) is 26.6. The van der Waals surface area contributed by atoms with Crippen LogP contribution in [0.3, 0.4) is 0 Å². The summed E-state index contributed by atoms with van der Waals surface area (Å²) in [6, 6.07) is 19.4. The van der Waals surface area contributed by atoms with Crippen LogP contribution >= 0.6 is 0 Å². The Kier molecular flexibility index (Phi) is 6.53. The molecule has 1 aliphatic heterocycles. The summed E-state index contributed by atoms with van der Waals surface area (Å²) in [5.74, 6) is -0.112. The number of piperidine rings is 1. The number of nitro benzene ring substituents is 1. The average molecular weight is 487 g/mol. The van der Waals surface area contributed by atoms with E-state index in [4.69, 9.17) is 4.42 Å². The van der Waals surface area contributed by atoms with E-state index in [1.54, 1.807) is 23.1 Å². The molecule has 1 aliphatic rings. The topological polar surface area (TPSA) is 102 Å². The second-order valence-corrected chi connectivity index (χ2v) is 8.72. The van der Waals surface area contributed by atoms with Crippen molar-refractivity contribution in [3.05, 3.63) is 100 Å². The van der Waals surface area contributed by atoms with Gasteiger partial charge in [-0.2, -0.15) is 0 Å². The lowest BCUT2D eigenvalue weighted by Gasteiger charge is -2.35. The first-order chi connectivity index (χ1) is 17.5. The third kappa shape index (κ3) is 4.86. The maximum absolute atomic E-state index is 13.8. The molecule has 0 aliphatic carbocycles. The SMILES string of the molecule is O=C(c1cc([N+](=O)[O-])ccc1-c1ccccc1)N1CCCCC1Cc1nnc(-c2cccc(F)c2)o1. The van der Waals surface area contributed by atoms with Gasteiger partial charge in [-0.05, 0) is 54.7 Å². The van der Waals surface area contributed by atoms with Crippen molar-refractivity contribution in [3.63, 3.8) is 0 Å². The van der Waals surface area contributed by atoms with Gasteiger partial charge in [0.25, 0.3) is 11.6 Å². The number of carbonyl (C=O) groups excluding carboxylic acids is 1. The van der Waals surface area contributed by atoms with Crippen LogP contribution in [0.4, 0.5) is 10.1 Å². The van der Waals surface area contributed by atoms with Gasteiger partial charge in [-0.15, -0.1) is 10.2 Å². The molecular weight excluding hydrogens is 463 g/mol. The van der Waals surface area contributed by atoms with E-state index in [1.807, 2.05) is 30.3 Å². The first-order valence-electron chi connectivity index (χ1n) is 11.7. The quantitative estimate of drug-likeness (QED) is 0.256. The first kappa shape index (κ1) is 23.3. The molecule has 1 aromatic heterocycles. The summed E-state index contributed by atoms with van der Waals surface area (Å²) in [7, 11) is 0. The molecule has 1 amide bonds. The number of amides is 1. The van der Waals surface area contributed by atoms with E-state index in [2.05, 4.69) is 10.2 Å². The summed E-state index contributed by atoms with van der Waals surface area (Å²) in [5.41, 5.74) is 2.08. The molecule has 4 aromatic rings. The fourth-order valence-corrected chi connectivity index (χ4v) is 4.60. The smallest absolute Gasteiger partial charge is 0.270 e. The molecule has 9 heteroatoms. The van der Waals surface area contributed by atoms with Gasteiger partial charge in [-0.3, -0.25) is 14.9 Å². The third-order valence-electron chi connectivity index (χ3n) is 6.37. The number of likely N-dealkylation sites (tertiary alicyclic amines) is 1. The molecule has 0 spiro atoms. The van der Waals surface area contributed by atoms with E-state index in [9.17, 15) is 19.3 Å². The molecule has 0 bridgehead atoms. The Bertz CT molecular complexity index is 1410. The van der Waals surface area contributed by atoms with E-state index in [1.165, 1.54) is 24.3 Å². The number of non-ortho nitro benzene ring substituents is 1. The third-order valence-corrected chi connectivity index (χ3v) is 6.37. The van der Waals surface area contributed by atoms with Gasteiger partial charge in [-0.25, -0.2) is 4.39 Å². The van der Waals surface area contributed by atoms with Crippen LogP contribution < -0.4 is 0 Å². The minimum atomic E-state index is -0.494. The average Bonchev–Trinajstić information content (AvgIpc) is 3.37. The second kappa shape index (κ2) is 10.1. The molecule has 36 heavy (non-hydrogen) atoms. The van der Waals surface area contributed by atoms with Crippen LogP contribution in [-0.4, -0.2) is 38.5 Å². The molecule has 5 rings (SSSR count). The minimum absolute atomic E-state index is 0.136. The predicted molar refractivity (Wildman–Crippen MR) is 131 cm³/mol. The highest BCUT2D eigenvalue weighted by atomic mass is 19.1. The molecular formula is C27H23FN4O4. The zero-order valence-electron chi connectivity index (χ0n) is 19.3. The monoisotopic (exact) mass is 486 g/mol. The Labute approximate surface area is 206 Å². The van der Waals surface area contributed by atoms with Gasteiger partial charge in [0, 0.05) is 36.7 Å². The van der Waals surface area contributed by atoms with Gasteiger partial charge in [-0.1, -0.05) is 36.4 Å². The number of hydrogen-bond donors (Lipinski definition) is 0. The van der Waals surface area contributed by atoms with Crippen LogP contribution in [0.2, 0.25) is 0 Å². The Morgan fingerprint density at radius 3 is 2.61 bits per heavy atom. The molecule has 1 atom stereocenters. The maximum Gasteiger partial charge on any atom is 0.270 e. The first-order valence-corrected chi connectivity index (χ1v) is 11.7. The maximum atomic E-state index is 13.8. The Morgan fingerprint density at radius 1 is 1.03 bits per heavy atom. The Morgan fingerprint density at radius 2 is 1.83 bits per heavy atom. The standard InChI is InChI=1S/C27H23FN4O4/c28-20-10-6-9-19(15-20)26-30-29-25(36-26)17-21-11-4-5-14-31(21)27(33)24-16-22(32(34)35)12-13-23(24)18-7-2-1-3-8-18/h1-3,6-10,12-13,15-16,21H,4-5,11,14,17H2. The normalized spacial score (nSPS) is 15.6. The van der Waals surface area contributed by atoms with Crippen molar-refractivity contribution in [1.82, 2.24) is 15.1 Å². The number of carbonyl (C=O) groups is 1. The predicted octanol–water partition coefficient (Wildman–Crippen LogP) is 5.69. The van der Waals surface area contributed by atoms with Crippen molar-refractivity contribution in [2.75, 3.05) is 6.54 Å². The fraction of sp³-hybridized carbons (Fsp3) is 0.222. The lowest BCUT2D eigenvalue weighted by atomic mass is 9.94. The molecule has 1 unspecified atom stereocenters. The minimum Gasteiger partial charge on any atom is -0.421 e. The molecule has 0 saturated carbocycles. The van der Waals surface area contributed by atoms with Gasteiger partial charge in [0.2, 0.25) is 11.8 Å². The highest BCUT2D eigenvalue weighted by molar-refractivity contribution is 6.01. The van der Waals surface area contributed by atoms with Crippen molar-refractivity contribution in [1.29, 1.82) is 0 Å². The van der Waals surface area contributed by atoms with Crippen LogP contribution in [0.5, 0.6) is 0 Å². The number of rotatable bonds is 6. The van der Waals surface area contributed by atoms with E-state index in [-0.39, 0.29) is 29.1 Å². The highest BCUT2D eigenvalue weighted by Gasteiger charge is 2.31. The molecule has 1 saturated heterocycles. The van der Waals surface area contributed by atoms with Gasteiger partial charge in [0.15, 0.2) is 0 Å². The number of halogens is 1. The second-order valence-electron chi connectivity index (χ2n) is 8.72. The lowest BCUT2D eigenvalue weighted by Crippen LogP contribution is -2.45. The summed E-state index contributed by atoms with van der Waals surface area (Å²) in [5, 5.41) is 19.6. The van der Waals surface area contributed by atoms with Crippen molar-refractivity contribution in [2.24, 2.45) is 0 Å². The van der Waals surface area contributed by atoms with Crippen molar-refractivity contribution < 1.29 is 18.5 Å². The Balaban J connectivity index is 1.44. The fourth-order valence-electron chi connectivity index (χ4n) is 4.60. The molecule has 3 aromatic carbocycles. The van der Waals surface area contributed by atoms with Crippen LogP contribution in [0.25, 0.3) is 22.6 Å². The molecule has 0 radical (unpaired) electrons.